The lowest BCUT2D eigenvalue weighted by Crippen LogP contribution is -2.19. The van der Waals surface area contributed by atoms with Gasteiger partial charge in [-0.3, -0.25) is 4.79 Å². The summed E-state index contributed by atoms with van der Waals surface area (Å²) in [6, 6.07) is 9.77. The van der Waals surface area contributed by atoms with Crippen molar-refractivity contribution in [3.05, 3.63) is 51.0 Å². The molecule has 0 bridgehead atoms. The Kier molecular flexibility index (Phi) is 4.91. The van der Waals surface area contributed by atoms with Crippen molar-refractivity contribution in [3.63, 3.8) is 0 Å². The number of rotatable bonds is 3. The van der Waals surface area contributed by atoms with Crippen LogP contribution in [-0.2, 0) is 4.79 Å². The van der Waals surface area contributed by atoms with Gasteiger partial charge in [-0.15, -0.1) is 0 Å². The summed E-state index contributed by atoms with van der Waals surface area (Å²) >= 11 is 4.88. The maximum Gasteiger partial charge on any atom is 0.264 e. The van der Waals surface area contributed by atoms with Crippen LogP contribution in [0.1, 0.15) is 24.2 Å². The fourth-order valence-electron chi connectivity index (χ4n) is 2.93. The smallest absolute Gasteiger partial charge is 0.264 e. The maximum atomic E-state index is 12.2. The third-order valence-corrected chi connectivity index (χ3v) is 5.75. The quantitative estimate of drug-likeness (QED) is 0.706. The van der Waals surface area contributed by atoms with E-state index in [9.17, 15) is 4.79 Å². The highest BCUT2D eigenvalue weighted by Crippen LogP contribution is 2.35. The number of anilines is 1. The van der Waals surface area contributed by atoms with Crippen LogP contribution in [0.25, 0.3) is 6.08 Å². The van der Waals surface area contributed by atoms with Gasteiger partial charge in [-0.05, 0) is 59.6 Å². The highest BCUT2D eigenvalue weighted by atomic mass is 79.9. The van der Waals surface area contributed by atoms with Gasteiger partial charge in [0.05, 0.1) is 15.1 Å². The van der Waals surface area contributed by atoms with Crippen molar-refractivity contribution < 1.29 is 9.21 Å². The number of amides is 1. The summed E-state index contributed by atoms with van der Waals surface area (Å²) in [6.07, 6.45) is 4.13. The Hall–Kier alpha value is -1.99. The molecule has 0 atom stereocenters. The molecule has 1 amide bonds. The molecule has 0 aliphatic carbocycles. The van der Waals surface area contributed by atoms with Crippen molar-refractivity contribution in [2.24, 2.45) is 4.99 Å². The van der Waals surface area contributed by atoms with Crippen LogP contribution < -0.4 is 10.2 Å². The molecule has 2 aromatic rings. The molecule has 2 saturated heterocycles. The maximum absolute atomic E-state index is 12.2. The number of hydrogen-bond acceptors (Lipinski definition) is 5. The van der Waals surface area contributed by atoms with Gasteiger partial charge < -0.3 is 14.6 Å². The Labute approximate surface area is 164 Å². The third-order valence-electron chi connectivity index (χ3n) is 4.27. The molecule has 0 saturated carbocycles. The summed E-state index contributed by atoms with van der Waals surface area (Å²) in [5.74, 6) is 1.34. The minimum atomic E-state index is -0.156. The highest BCUT2D eigenvalue weighted by Gasteiger charge is 2.25. The van der Waals surface area contributed by atoms with E-state index in [0.29, 0.717) is 15.8 Å². The lowest BCUT2D eigenvalue weighted by atomic mass is 10.2. The SMILES string of the molecule is Cc1ccc(N=C2NC(=O)/C(=C/c3cc(Br)c(N4CCCC4)o3)S2)cc1. The first-order valence-corrected chi connectivity index (χ1v) is 10.1. The molecule has 26 heavy (non-hydrogen) atoms. The van der Waals surface area contributed by atoms with E-state index in [1.807, 2.05) is 37.3 Å². The molecule has 7 heteroatoms. The topological polar surface area (TPSA) is 57.8 Å². The van der Waals surface area contributed by atoms with Crippen molar-refractivity contribution in [1.82, 2.24) is 5.32 Å². The van der Waals surface area contributed by atoms with E-state index in [2.05, 4.69) is 31.1 Å². The van der Waals surface area contributed by atoms with E-state index in [0.717, 1.165) is 29.1 Å². The van der Waals surface area contributed by atoms with Crippen LogP contribution >= 0.6 is 27.7 Å². The number of carbonyl (C=O) groups excluding carboxylic acids is 1. The van der Waals surface area contributed by atoms with E-state index in [-0.39, 0.29) is 5.91 Å². The van der Waals surface area contributed by atoms with E-state index in [4.69, 9.17) is 4.42 Å². The zero-order valence-electron chi connectivity index (χ0n) is 14.3. The summed E-state index contributed by atoms with van der Waals surface area (Å²) in [6.45, 7) is 4.04. The second-order valence-electron chi connectivity index (χ2n) is 6.31. The van der Waals surface area contributed by atoms with Gasteiger partial charge in [0.25, 0.3) is 5.91 Å². The van der Waals surface area contributed by atoms with Gasteiger partial charge in [0.2, 0.25) is 5.88 Å². The molecule has 2 fully saturated rings. The van der Waals surface area contributed by atoms with E-state index in [1.165, 1.54) is 30.2 Å². The fourth-order valence-corrected chi connectivity index (χ4v) is 4.31. The fraction of sp³-hybridized carbons (Fsp3) is 0.263. The van der Waals surface area contributed by atoms with Gasteiger partial charge in [-0.2, -0.15) is 0 Å². The van der Waals surface area contributed by atoms with Crippen molar-refractivity contribution in [3.8, 4) is 0 Å². The first-order chi connectivity index (χ1) is 12.6. The number of hydrogen-bond donors (Lipinski definition) is 1. The molecule has 2 aliphatic heterocycles. The van der Waals surface area contributed by atoms with E-state index >= 15 is 0 Å². The molecule has 4 rings (SSSR count). The van der Waals surface area contributed by atoms with Gasteiger partial charge in [-0.25, -0.2) is 4.99 Å². The molecular weight excluding hydrogens is 414 g/mol. The van der Waals surface area contributed by atoms with Crippen molar-refractivity contribution >= 4 is 56.4 Å². The molecule has 3 heterocycles. The van der Waals surface area contributed by atoms with Crippen LogP contribution in [-0.4, -0.2) is 24.2 Å². The minimum Gasteiger partial charge on any atom is -0.440 e. The van der Waals surface area contributed by atoms with E-state index < -0.39 is 0 Å². The van der Waals surface area contributed by atoms with Crippen LogP contribution in [0.2, 0.25) is 0 Å². The van der Waals surface area contributed by atoms with Crippen molar-refractivity contribution in [2.75, 3.05) is 18.0 Å². The zero-order chi connectivity index (χ0) is 18.1. The molecule has 2 aliphatic rings. The first-order valence-electron chi connectivity index (χ1n) is 8.49. The molecule has 1 N–H and O–H groups in total. The number of halogens is 1. The van der Waals surface area contributed by atoms with Gasteiger partial charge in [0.1, 0.15) is 5.76 Å². The summed E-state index contributed by atoms with van der Waals surface area (Å²) in [5, 5.41) is 3.38. The standard InChI is InChI=1S/C19H18BrN3O2S/c1-12-4-6-13(7-5-12)21-19-22-17(24)16(26-19)11-14-10-15(20)18(25-14)23-8-2-3-9-23/h4-7,10-11H,2-3,8-9H2,1H3,(H,21,22,24)/b16-11-. The Bertz CT molecular complexity index is 896. The third kappa shape index (κ3) is 3.73. The predicted octanol–water partition coefficient (Wildman–Crippen LogP) is 4.84. The van der Waals surface area contributed by atoms with Crippen LogP contribution in [0.15, 0.2) is 49.1 Å². The molecule has 134 valence electrons. The number of amidine groups is 1. The lowest BCUT2D eigenvalue weighted by Gasteiger charge is -2.13. The highest BCUT2D eigenvalue weighted by molar-refractivity contribution is 9.10. The molecule has 1 aromatic heterocycles. The average molecular weight is 432 g/mol. The Morgan fingerprint density at radius 3 is 2.73 bits per heavy atom. The molecule has 5 nitrogen and oxygen atoms in total. The van der Waals surface area contributed by atoms with Gasteiger partial charge >= 0.3 is 0 Å². The summed E-state index contributed by atoms with van der Waals surface area (Å²) in [5.41, 5.74) is 1.99. The molecule has 0 spiro atoms. The normalized spacial score (nSPS) is 20.4. The van der Waals surface area contributed by atoms with Crippen LogP contribution in [0, 0.1) is 6.92 Å². The summed E-state index contributed by atoms with van der Waals surface area (Å²) in [7, 11) is 0. The number of benzene rings is 1. The van der Waals surface area contributed by atoms with Gasteiger partial charge in [-0.1, -0.05) is 17.7 Å². The Morgan fingerprint density at radius 1 is 1.27 bits per heavy atom. The molecule has 0 radical (unpaired) electrons. The number of nitrogens with zero attached hydrogens (tertiary/aromatic N) is 2. The summed E-state index contributed by atoms with van der Waals surface area (Å²) in [4.78, 5) is 19.5. The number of aryl methyl sites for hydroxylation is 1. The van der Waals surface area contributed by atoms with Crippen LogP contribution in [0.4, 0.5) is 11.6 Å². The second-order valence-corrected chi connectivity index (χ2v) is 8.20. The number of nitrogens with one attached hydrogen (secondary N) is 1. The van der Waals surface area contributed by atoms with Crippen molar-refractivity contribution in [1.29, 1.82) is 0 Å². The summed E-state index contributed by atoms with van der Waals surface area (Å²) < 4.78 is 6.86. The number of thioether (sulfide) groups is 1. The molecular formula is C19H18BrN3O2S. The van der Waals surface area contributed by atoms with Gasteiger partial charge in [0.15, 0.2) is 5.17 Å². The molecule has 0 unspecified atom stereocenters. The number of carbonyl (C=O) groups is 1. The lowest BCUT2D eigenvalue weighted by molar-refractivity contribution is -0.115. The minimum absolute atomic E-state index is 0.156. The largest absolute Gasteiger partial charge is 0.440 e. The van der Waals surface area contributed by atoms with Crippen LogP contribution in [0.3, 0.4) is 0 Å². The van der Waals surface area contributed by atoms with Crippen molar-refractivity contribution in [2.45, 2.75) is 19.8 Å². The van der Waals surface area contributed by atoms with Crippen LogP contribution in [0.5, 0.6) is 0 Å². The number of aliphatic imine (C=N–C) groups is 1. The predicted molar refractivity (Wildman–Crippen MR) is 110 cm³/mol. The monoisotopic (exact) mass is 431 g/mol. The Balaban J connectivity index is 1.53. The zero-order valence-corrected chi connectivity index (χ0v) is 16.7. The molecule has 1 aromatic carbocycles. The van der Waals surface area contributed by atoms with Gasteiger partial charge in [0, 0.05) is 25.2 Å². The Morgan fingerprint density at radius 2 is 2.00 bits per heavy atom. The average Bonchev–Trinajstić information content (AvgIpc) is 3.32. The second kappa shape index (κ2) is 7.32. The number of furan rings is 1. The first kappa shape index (κ1) is 17.4. The van der Waals surface area contributed by atoms with E-state index in [1.54, 1.807) is 6.08 Å².